The Labute approximate surface area is 121 Å². The number of nitrogens with one attached hydrogen (secondary N) is 1. The third-order valence-corrected chi connectivity index (χ3v) is 2.87. The minimum absolute atomic E-state index is 0.351. The van der Waals surface area contributed by atoms with Gasteiger partial charge in [-0.25, -0.2) is 9.67 Å². The van der Waals surface area contributed by atoms with E-state index >= 15 is 0 Å². The van der Waals surface area contributed by atoms with E-state index in [1.807, 2.05) is 0 Å². The maximum Gasteiger partial charge on any atom is 0.416 e. The number of alkyl halides is 3. The van der Waals surface area contributed by atoms with Crippen LogP contribution in [0, 0.1) is 5.92 Å². The molecule has 0 aliphatic heterocycles. The van der Waals surface area contributed by atoms with Crippen LogP contribution in [0.5, 0.6) is 0 Å². The molecule has 7 heteroatoms. The molecule has 1 aromatic carbocycles. The van der Waals surface area contributed by atoms with Gasteiger partial charge in [0, 0.05) is 0 Å². The molecule has 0 saturated carbocycles. The van der Waals surface area contributed by atoms with Gasteiger partial charge in [-0.05, 0) is 30.7 Å². The highest BCUT2D eigenvalue weighted by atomic mass is 19.4. The lowest BCUT2D eigenvalue weighted by molar-refractivity contribution is -0.137. The molecule has 2 rings (SSSR count). The molecule has 0 atom stereocenters. The maximum atomic E-state index is 12.7. The summed E-state index contributed by atoms with van der Waals surface area (Å²) in [6.45, 7) is 5.40. The topological polar surface area (TPSA) is 42.7 Å². The van der Waals surface area contributed by atoms with Gasteiger partial charge in [0.25, 0.3) is 0 Å². The summed E-state index contributed by atoms with van der Waals surface area (Å²) < 4.78 is 39.7. The van der Waals surface area contributed by atoms with E-state index in [9.17, 15) is 13.2 Å². The summed E-state index contributed by atoms with van der Waals surface area (Å²) in [7, 11) is 0. The number of benzene rings is 1. The molecule has 0 aliphatic carbocycles. The van der Waals surface area contributed by atoms with Gasteiger partial charge >= 0.3 is 6.18 Å². The Morgan fingerprint density at radius 1 is 1.29 bits per heavy atom. The Morgan fingerprint density at radius 2 is 2.05 bits per heavy atom. The van der Waals surface area contributed by atoms with Crippen LogP contribution in [0.1, 0.15) is 25.2 Å². The van der Waals surface area contributed by atoms with E-state index in [-0.39, 0.29) is 0 Å². The van der Waals surface area contributed by atoms with Crippen molar-refractivity contribution >= 4 is 0 Å². The van der Waals surface area contributed by atoms with Crippen molar-refractivity contribution in [1.29, 1.82) is 0 Å². The normalized spacial score (nSPS) is 12.1. The average Bonchev–Trinajstić information content (AvgIpc) is 2.86. The Morgan fingerprint density at radius 3 is 2.71 bits per heavy atom. The highest BCUT2D eigenvalue weighted by Gasteiger charge is 2.30. The van der Waals surface area contributed by atoms with Gasteiger partial charge in [-0.15, -0.1) is 0 Å². The van der Waals surface area contributed by atoms with Gasteiger partial charge < -0.3 is 5.32 Å². The van der Waals surface area contributed by atoms with Crippen molar-refractivity contribution in [3.63, 3.8) is 0 Å². The van der Waals surface area contributed by atoms with Crippen molar-refractivity contribution in [2.45, 2.75) is 26.6 Å². The van der Waals surface area contributed by atoms with Crippen LogP contribution in [0.15, 0.2) is 30.6 Å². The Bertz CT molecular complexity index is 590. The van der Waals surface area contributed by atoms with Crippen LogP contribution in [0.2, 0.25) is 0 Å². The second-order valence-electron chi connectivity index (χ2n) is 5.16. The first-order valence-corrected chi connectivity index (χ1v) is 6.65. The first-order valence-electron chi connectivity index (χ1n) is 6.65. The summed E-state index contributed by atoms with van der Waals surface area (Å²) in [6, 6.07) is 5.05. The smallest absolute Gasteiger partial charge is 0.310 e. The third kappa shape index (κ3) is 4.04. The van der Waals surface area contributed by atoms with Crippen LogP contribution < -0.4 is 5.32 Å². The lowest BCUT2D eigenvalue weighted by Crippen LogP contribution is -2.21. The number of rotatable bonds is 5. The van der Waals surface area contributed by atoms with Gasteiger partial charge in [0.2, 0.25) is 0 Å². The molecule has 0 fully saturated rings. The predicted octanol–water partition coefficient (Wildman–Crippen LogP) is 3.03. The minimum atomic E-state index is -4.37. The van der Waals surface area contributed by atoms with Crippen LogP contribution in [0.4, 0.5) is 13.2 Å². The van der Waals surface area contributed by atoms with Crippen molar-refractivity contribution in [3.8, 4) is 5.69 Å². The summed E-state index contributed by atoms with van der Waals surface area (Å²) in [5.74, 6) is 1.06. The van der Waals surface area contributed by atoms with Crippen LogP contribution >= 0.6 is 0 Å². The van der Waals surface area contributed by atoms with Gasteiger partial charge in [0.05, 0.1) is 17.8 Å². The van der Waals surface area contributed by atoms with E-state index in [1.54, 1.807) is 6.07 Å². The van der Waals surface area contributed by atoms with Gasteiger partial charge in [-0.3, -0.25) is 0 Å². The molecule has 2 aromatic rings. The number of nitrogens with zero attached hydrogens (tertiary/aromatic N) is 3. The second kappa shape index (κ2) is 6.26. The fourth-order valence-electron chi connectivity index (χ4n) is 1.89. The van der Waals surface area contributed by atoms with Crippen molar-refractivity contribution in [2.75, 3.05) is 6.54 Å². The Kier molecular flexibility index (Phi) is 4.62. The second-order valence-corrected chi connectivity index (χ2v) is 5.16. The van der Waals surface area contributed by atoms with Gasteiger partial charge in [0.1, 0.15) is 12.2 Å². The van der Waals surface area contributed by atoms with E-state index in [0.29, 0.717) is 24.0 Å². The number of halogens is 3. The fraction of sp³-hybridized carbons (Fsp3) is 0.429. The first kappa shape index (κ1) is 15.5. The minimum Gasteiger partial charge on any atom is -0.310 e. The zero-order valence-electron chi connectivity index (χ0n) is 11.9. The molecular weight excluding hydrogens is 281 g/mol. The number of aromatic nitrogens is 3. The molecule has 0 amide bonds. The molecule has 0 spiro atoms. The summed E-state index contributed by atoms with van der Waals surface area (Å²) in [5, 5.41) is 7.20. The van der Waals surface area contributed by atoms with Crippen LogP contribution in [-0.2, 0) is 12.7 Å². The standard InChI is InChI=1S/C14H17F3N4/c1-10(2)7-18-8-13-19-9-20-21(13)12-5-3-4-11(6-12)14(15,16)17/h3-6,9-10,18H,7-8H2,1-2H3. The highest BCUT2D eigenvalue weighted by molar-refractivity contribution is 5.36. The fourth-order valence-corrected chi connectivity index (χ4v) is 1.89. The van der Waals surface area contributed by atoms with E-state index in [0.717, 1.165) is 18.7 Å². The van der Waals surface area contributed by atoms with Gasteiger partial charge in [-0.1, -0.05) is 19.9 Å². The molecule has 1 heterocycles. The van der Waals surface area contributed by atoms with Crippen molar-refractivity contribution in [2.24, 2.45) is 5.92 Å². The number of hydrogen-bond donors (Lipinski definition) is 1. The molecule has 0 bridgehead atoms. The molecule has 114 valence electrons. The molecule has 0 aliphatic rings. The molecule has 21 heavy (non-hydrogen) atoms. The molecule has 4 nitrogen and oxygen atoms in total. The largest absolute Gasteiger partial charge is 0.416 e. The first-order chi connectivity index (χ1) is 9.88. The molecule has 0 radical (unpaired) electrons. The molecule has 1 aromatic heterocycles. The molecule has 1 N–H and O–H groups in total. The van der Waals surface area contributed by atoms with Crippen LogP contribution in [0.3, 0.4) is 0 Å². The van der Waals surface area contributed by atoms with E-state index in [4.69, 9.17) is 0 Å². The van der Waals surface area contributed by atoms with E-state index in [2.05, 4.69) is 29.2 Å². The summed E-state index contributed by atoms with van der Waals surface area (Å²) in [6.07, 6.45) is -3.03. The Hall–Kier alpha value is -1.89. The van der Waals surface area contributed by atoms with E-state index in [1.165, 1.54) is 17.1 Å². The van der Waals surface area contributed by atoms with Gasteiger partial charge in [0.15, 0.2) is 0 Å². The molecule has 0 unspecified atom stereocenters. The lowest BCUT2D eigenvalue weighted by atomic mass is 10.2. The third-order valence-electron chi connectivity index (χ3n) is 2.87. The SMILES string of the molecule is CC(C)CNCc1ncnn1-c1cccc(C(F)(F)F)c1. The van der Waals surface area contributed by atoms with Crippen LogP contribution in [0.25, 0.3) is 5.69 Å². The monoisotopic (exact) mass is 298 g/mol. The summed E-state index contributed by atoms with van der Waals surface area (Å²) in [5.41, 5.74) is -0.347. The zero-order valence-corrected chi connectivity index (χ0v) is 11.9. The highest BCUT2D eigenvalue weighted by Crippen LogP contribution is 2.30. The average molecular weight is 298 g/mol. The quantitative estimate of drug-likeness (QED) is 0.922. The molecular formula is C14H17F3N4. The lowest BCUT2D eigenvalue weighted by Gasteiger charge is -2.11. The van der Waals surface area contributed by atoms with Crippen molar-refractivity contribution in [3.05, 3.63) is 42.0 Å². The summed E-state index contributed by atoms with van der Waals surface area (Å²) in [4.78, 5) is 4.09. The zero-order chi connectivity index (χ0) is 15.5. The van der Waals surface area contributed by atoms with Crippen molar-refractivity contribution in [1.82, 2.24) is 20.1 Å². The number of hydrogen-bond acceptors (Lipinski definition) is 3. The maximum absolute atomic E-state index is 12.7. The predicted molar refractivity (Wildman–Crippen MR) is 72.9 cm³/mol. The van der Waals surface area contributed by atoms with Crippen molar-refractivity contribution < 1.29 is 13.2 Å². The summed E-state index contributed by atoms with van der Waals surface area (Å²) >= 11 is 0. The van der Waals surface area contributed by atoms with E-state index < -0.39 is 11.7 Å². The van der Waals surface area contributed by atoms with Gasteiger partial charge in [-0.2, -0.15) is 18.3 Å². The van der Waals surface area contributed by atoms with Crippen LogP contribution in [-0.4, -0.2) is 21.3 Å². The molecule has 0 saturated heterocycles. The Balaban J connectivity index is 2.21.